The van der Waals surface area contributed by atoms with Crippen molar-refractivity contribution in [2.75, 3.05) is 0 Å². The highest BCUT2D eigenvalue weighted by atomic mass is 15.0. The first-order valence-corrected chi connectivity index (χ1v) is 8.27. The number of nitrogens with one attached hydrogen (secondary N) is 2. The van der Waals surface area contributed by atoms with Crippen molar-refractivity contribution in [2.45, 2.75) is 32.7 Å². The molecule has 5 nitrogen and oxygen atoms in total. The van der Waals surface area contributed by atoms with Gasteiger partial charge in [-0.1, -0.05) is 45.0 Å². The summed E-state index contributed by atoms with van der Waals surface area (Å²) < 4.78 is 0. The topological polar surface area (TPSA) is 87.7 Å². The molecule has 5 heteroatoms. The summed E-state index contributed by atoms with van der Waals surface area (Å²) in [6.07, 6.45) is 1.81. The van der Waals surface area contributed by atoms with Gasteiger partial charge >= 0.3 is 0 Å². The minimum Gasteiger partial charge on any atom is -0.370 e. The molecule has 3 aromatic rings. The molecule has 0 radical (unpaired) electrons. The molecule has 4 N–H and O–H groups in total. The summed E-state index contributed by atoms with van der Waals surface area (Å²) in [4.78, 5) is 9.32. The lowest BCUT2D eigenvalue weighted by atomic mass is 9.86. The number of nitrogens with two attached hydrogens (primary N) is 1. The minimum atomic E-state index is -0.0414. The summed E-state index contributed by atoms with van der Waals surface area (Å²) in [6, 6.07) is 14.4. The van der Waals surface area contributed by atoms with E-state index in [4.69, 9.17) is 16.1 Å². The van der Waals surface area contributed by atoms with Crippen molar-refractivity contribution in [2.24, 2.45) is 5.73 Å². The predicted molar refractivity (Wildman–Crippen MR) is 102 cm³/mol. The summed E-state index contributed by atoms with van der Waals surface area (Å²) in [5, 5.41) is 10.0. The molecule has 0 fully saturated rings. The molecule has 0 unspecified atom stereocenters. The first-order chi connectivity index (χ1) is 11.8. The number of hydrogen-bond donors (Lipinski definition) is 3. The van der Waals surface area contributed by atoms with E-state index in [2.05, 4.69) is 55.3 Å². The molecule has 0 atom stereocenters. The Balaban J connectivity index is 1.94. The fourth-order valence-electron chi connectivity index (χ4n) is 2.65. The SMILES string of the molecule is CC(C)(C)c1cccc(-c2cnc3cc(CNC(=N)N)ccc3n2)c1. The van der Waals surface area contributed by atoms with Crippen LogP contribution in [0.25, 0.3) is 22.3 Å². The first kappa shape index (κ1) is 16.9. The Labute approximate surface area is 147 Å². The average molecular weight is 333 g/mol. The monoisotopic (exact) mass is 333 g/mol. The third-order valence-corrected chi connectivity index (χ3v) is 4.11. The van der Waals surface area contributed by atoms with E-state index >= 15 is 0 Å². The van der Waals surface area contributed by atoms with Crippen LogP contribution in [0, 0.1) is 5.41 Å². The van der Waals surface area contributed by atoms with Crippen molar-refractivity contribution in [1.29, 1.82) is 5.41 Å². The smallest absolute Gasteiger partial charge is 0.185 e. The molecular weight excluding hydrogens is 310 g/mol. The van der Waals surface area contributed by atoms with Crippen molar-refractivity contribution in [3.8, 4) is 11.3 Å². The van der Waals surface area contributed by atoms with Crippen LogP contribution in [0.3, 0.4) is 0 Å². The summed E-state index contributed by atoms with van der Waals surface area (Å²) in [6.45, 7) is 7.11. The zero-order valence-corrected chi connectivity index (χ0v) is 14.8. The molecule has 0 spiro atoms. The van der Waals surface area contributed by atoms with Gasteiger partial charge in [-0.05, 0) is 34.7 Å². The standard InChI is InChI=1S/C20H23N5/c1-20(2,3)15-6-4-5-14(10-15)18-12-23-17-9-13(11-24-19(21)22)7-8-16(17)25-18/h4-10,12H,11H2,1-3H3,(H4,21,22,24). The van der Waals surface area contributed by atoms with Crippen LogP contribution in [-0.2, 0) is 12.0 Å². The highest BCUT2D eigenvalue weighted by Crippen LogP contribution is 2.27. The lowest BCUT2D eigenvalue weighted by Gasteiger charge is -2.19. The Hall–Kier alpha value is -2.95. The molecule has 0 bridgehead atoms. The van der Waals surface area contributed by atoms with Gasteiger partial charge in [0.05, 0.1) is 22.9 Å². The van der Waals surface area contributed by atoms with E-state index in [0.29, 0.717) is 6.54 Å². The zero-order chi connectivity index (χ0) is 18.0. The molecule has 0 aliphatic rings. The number of aromatic nitrogens is 2. The molecule has 3 rings (SSSR count). The van der Waals surface area contributed by atoms with Gasteiger partial charge in [0.1, 0.15) is 0 Å². The molecule has 0 saturated carbocycles. The number of guanidine groups is 1. The van der Waals surface area contributed by atoms with Gasteiger partial charge in [-0.2, -0.15) is 0 Å². The van der Waals surface area contributed by atoms with Gasteiger partial charge in [0.2, 0.25) is 0 Å². The highest BCUT2D eigenvalue weighted by Gasteiger charge is 2.14. The molecular formula is C20H23N5. The van der Waals surface area contributed by atoms with E-state index in [-0.39, 0.29) is 11.4 Å². The van der Waals surface area contributed by atoms with Crippen LogP contribution < -0.4 is 11.1 Å². The van der Waals surface area contributed by atoms with Crippen LogP contribution >= 0.6 is 0 Å². The first-order valence-electron chi connectivity index (χ1n) is 8.27. The molecule has 0 aliphatic heterocycles. The van der Waals surface area contributed by atoms with Gasteiger partial charge in [0, 0.05) is 12.1 Å². The van der Waals surface area contributed by atoms with Gasteiger partial charge in [0.15, 0.2) is 5.96 Å². The largest absolute Gasteiger partial charge is 0.370 e. The molecule has 0 amide bonds. The summed E-state index contributed by atoms with van der Waals surface area (Å²) >= 11 is 0. The van der Waals surface area contributed by atoms with E-state index in [1.807, 2.05) is 24.4 Å². The van der Waals surface area contributed by atoms with E-state index in [9.17, 15) is 0 Å². The lowest BCUT2D eigenvalue weighted by molar-refractivity contribution is 0.590. The van der Waals surface area contributed by atoms with Gasteiger partial charge in [-0.3, -0.25) is 10.4 Å². The van der Waals surface area contributed by atoms with Crippen LogP contribution in [0.15, 0.2) is 48.7 Å². The van der Waals surface area contributed by atoms with Crippen molar-refractivity contribution in [3.63, 3.8) is 0 Å². The van der Waals surface area contributed by atoms with Gasteiger partial charge in [-0.15, -0.1) is 0 Å². The minimum absolute atomic E-state index is 0.0414. The van der Waals surface area contributed by atoms with E-state index in [0.717, 1.165) is 27.9 Å². The third kappa shape index (κ3) is 3.94. The van der Waals surface area contributed by atoms with Crippen molar-refractivity contribution in [3.05, 3.63) is 59.8 Å². The molecule has 0 saturated heterocycles. The zero-order valence-electron chi connectivity index (χ0n) is 14.8. The normalized spacial score (nSPS) is 11.5. The fraction of sp³-hybridized carbons (Fsp3) is 0.250. The number of benzene rings is 2. The number of nitrogens with zero attached hydrogens (tertiary/aromatic N) is 2. The Morgan fingerprint density at radius 3 is 2.64 bits per heavy atom. The quantitative estimate of drug-likeness (QED) is 0.505. The van der Waals surface area contributed by atoms with Gasteiger partial charge < -0.3 is 11.1 Å². The molecule has 2 aromatic carbocycles. The van der Waals surface area contributed by atoms with Crippen LogP contribution in [0.5, 0.6) is 0 Å². The van der Waals surface area contributed by atoms with Crippen LogP contribution in [-0.4, -0.2) is 15.9 Å². The Morgan fingerprint density at radius 1 is 1.12 bits per heavy atom. The third-order valence-electron chi connectivity index (χ3n) is 4.11. The summed E-state index contributed by atoms with van der Waals surface area (Å²) in [5.74, 6) is -0.0414. The summed E-state index contributed by atoms with van der Waals surface area (Å²) in [5.41, 5.74) is 11.3. The Morgan fingerprint density at radius 2 is 1.92 bits per heavy atom. The molecule has 1 aromatic heterocycles. The van der Waals surface area contributed by atoms with Crippen LogP contribution in [0.1, 0.15) is 31.9 Å². The average Bonchev–Trinajstić information content (AvgIpc) is 2.58. The van der Waals surface area contributed by atoms with E-state index < -0.39 is 0 Å². The van der Waals surface area contributed by atoms with Crippen molar-refractivity contribution in [1.82, 2.24) is 15.3 Å². The van der Waals surface area contributed by atoms with Gasteiger partial charge in [-0.25, -0.2) is 4.98 Å². The number of hydrogen-bond acceptors (Lipinski definition) is 3. The maximum atomic E-state index is 7.23. The number of fused-ring (bicyclic) bond motifs is 1. The maximum Gasteiger partial charge on any atom is 0.185 e. The molecule has 128 valence electrons. The Kier molecular flexibility index (Phi) is 4.40. The molecule has 1 heterocycles. The van der Waals surface area contributed by atoms with E-state index in [1.165, 1.54) is 5.56 Å². The van der Waals surface area contributed by atoms with E-state index in [1.54, 1.807) is 0 Å². The highest BCUT2D eigenvalue weighted by molar-refractivity contribution is 5.78. The van der Waals surface area contributed by atoms with Crippen molar-refractivity contribution < 1.29 is 0 Å². The molecule has 0 aliphatic carbocycles. The maximum absolute atomic E-state index is 7.23. The van der Waals surface area contributed by atoms with Crippen LogP contribution in [0.2, 0.25) is 0 Å². The fourth-order valence-corrected chi connectivity index (χ4v) is 2.65. The Bertz CT molecular complexity index is 925. The second-order valence-corrected chi connectivity index (χ2v) is 7.18. The second kappa shape index (κ2) is 6.51. The summed E-state index contributed by atoms with van der Waals surface area (Å²) in [7, 11) is 0. The predicted octanol–water partition coefficient (Wildman–Crippen LogP) is 3.58. The number of rotatable bonds is 3. The lowest BCUT2D eigenvalue weighted by Crippen LogP contribution is -2.29. The van der Waals surface area contributed by atoms with Crippen molar-refractivity contribution >= 4 is 17.0 Å². The van der Waals surface area contributed by atoms with Crippen LogP contribution in [0.4, 0.5) is 0 Å². The van der Waals surface area contributed by atoms with Gasteiger partial charge in [0.25, 0.3) is 0 Å². The molecule has 25 heavy (non-hydrogen) atoms. The second-order valence-electron chi connectivity index (χ2n) is 7.18.